The van der Waals surface area contributed by atoms with Crippen LogP contribution in [0.4, 0.5) is 0 Å². The Morgan fingerprint density at radius 1 is 1.16 bits per heavy atom. The third-order valence-electron chi connectivity index (χ3n) is 5.20. The first-order valence-corrected chi connectivity index (χ1v) is 8.35. The maximum Gasteiger partial charge on any atom is 0.233 e. The fourth-order valence-electron chi connectivity index (χ4n) is 3.90. The minimum atomic E-state index is 0. The number of aromatic nitrogens is 4. The summed E-state index contributed by atoms with van der Waals surface area (Å²) in [6.45, 7) is 4.27. The molecule has 0 radical (unpaired) electrons. The van der Waals surface area contributed by atoms with Crippen LogP contribution in [0.1, 0.15) is 31.4 Å². The summed E-state index contributed by atoms with van der Waals surface area (Å²) in [6.07, 6.45) is 7.12. The molecular formula is C17H25Cl2N5O. The normalized spacial score (nSPS) is 18.8. The first-order chi connectivity index (χ1) is 11.1. The van der Waals surface area contributed by atoms with E-state index in [1.54, 1.807) is 4.68 Å². The predicted molar refractivity (Wildman–Crippen MR) is 102 cm³/mol. The maximum absolute atomic E-state index is 5.99. The molecule has 2 fully saturated rings. The van der Waals surface area contributed by atoms with Crippen molar-refractivity contribution in [2.24, 2.45) is 12.5 Å². The summed E-state index contributed by atoms with van der Waals surface area (Å²) in [5.41, 5.74) is 3.34. The van der Waals surface area contributed by atoms with Gasteiger partial charge in [-0.2, -0.15) is 5.10 Å². The van der Waals surface area contributed by atoms with Gasteiger partial charge in [0, 0.05) is 24.9 Å². The molecule has 6 nitrogen and oxygen atoms in total. The second-order valence-corrected chi connectivity index (χ2v) is 6.96. The molecular weight excluding hydrogens is 361 g/mol. The number of rotatable bonds is 3. The van der Waals surface area contributed by atoms with Gasteiger partial charge in [-0.1, -0.05) is 0 Å². The Morgan fingerprint density at radius 2 is 1.88 bits per heavy atom. The first kappa shape index (κ1) is 19.9. The Balaban J connectivity index is 0.00000113. The van der Waals surface area contributed by atoms with Crippen molar-refractivity contribution in [2.45, 2.75) is 38.7 Å². The number of aryl methyl sites for hydroxylation is 2. The molecule has 1 aliphatic carbocycles. The summed E-state index contributed by atoms with van der Waals surface area (Å²) < 4.78 is 7.78. The predicted octanol–water partition coefficient (Wildman–Crippen LogP) is 2.94. The molecule has 2 aromatic rings. The fraction of sp³-hybridized carbons (Fsp3) is 0.588. The Hall–Kier alpha value is -1.37. The van der Waals surface area contributed by atoms with E-state index in [4.69, 9.17) is 4.74 Å². The lowest BCUT2D eigenvalue weighted by molar-refractivity contribution is -0.0371. The molecule has 1 spiro atoms. The van der Waals surface area contributed by atoms with Crippen LogP contribution in [0.5, 0.6) is 5.88 Å². The molecule has 3 heterocycles. The lowest BCUT2D eigenvalue weighted by atomic mass is 9.62. The molecule has 1 saturated heterocycles. The second-order valence-electron chi connectivity index (χ2n) is 6.96. The SMILES string of the molecule is Cc1nn(C)cc1-c1ccc(OC2CC3(CCNCC3)C2)nn1.Cl.Cl. The van der Waals surface area contributed by atoms with Gasteiger partial charge in [-0.15, -0.1) is 35.0 Å². The summed E-state index contributed by atoms with van der Waals surface area (Å²) in [5.74, 6) is 0.629. The van der Waals surface area contributed by atoms with Crippen LogP contribution in [0.3, 0.4) is 0 Å². The van der Waals surface area contributed by atoms with Gasteiger partial charge in [-0.25, -0.2) is 0 Å². The standard InChI is InChI=1S/C17H23N5O.2ClH/c1-12-14(11-22(2)21-12)15-3-4-16(20-19-15)23-13-9-17(10-13)5-7-18-8-6-17;;/h3-4,11,13,18H,5-10H2,1-2H3;2*1H. The van der Waals surface area contributed by atoms with Crippen molar-refractivity contribution in [3.8, 4) is 17.1 Å². The third kappa shape index (κ3) is 4.07. The van der Waals surface area contributed by atoms with E-state index < -0.39 is 0 Å². The van der Waals surface area contributed by atoms with Gasteiger partial charge in [-0.3, -0.25) is 4.68 Å². The number of nitrogens with zero attached hydrogens (tertiary/aromatic N) is 4. The zero-order valence-corrected chi connectivity index (χ0v) is 16.2. The number of piperidine rings is 1. The van der Waals surface area contributed by atoms with Crippen molar-refractivity contribution in [3.05, 3.63) is 24.0 Å². The zero-order chi connectivity index (χ0) is 15.9. The van der Waals surface area contributed by atoms with E-state index in [-0.39, 0.29) is 24.8 Å². The number of halogens is 2. The van der Waals surface area contributed by atoms with Crippen LogP contribution in [0, 0.1) is 12.3 Å². The van der Waals surface area contributed by atoms with Crippen LogP contribution in [0.25, 0.3) is 11.3 Å². The van der Waals surface area contributed by atoms with Crippen molar-refractivity contribution in [1.29, 1.82) is 0 Å². The number of hydrogen-bond acceptors (Lipinski definition) is 5. The monoisotopic (exact) mass is 385 g/mol. The number of hydrogen-bond donors (Lipinski definition) is 1. The highest BCUT2D eigenvalue weighted by Gasteiger charge is 2.45. The zero-order valence-electron chi connectivity index (χ0n) is 14.6. The largest absolute Gasteiger partial charge is 0.473 e. The highest BCUT2D eigenvalue weighted by Crippen LogP contribution is 2.49. The smallest absolute Gasteiger partial charge is 0.233 e. The van der Waals surface area contributed by atoms with Crippen LogP contribution in [0.15, 0.2) is 18.3 Å². The molecule has 1 N–H and O–H groups in total. The van der Waals surface area contributed by atoms with E-state index in [1.807, 2.05) is 32.3 Å². The van der Waals surface area contributed by atoms with Gasteiger partial charge in [0.1, 0.15) is 6.10 Å². The highest BCUT2D eigenvalue weighted by molar-refractivity contribution is 5.85. The van der Waals surface area contributed by atoms with E-state index in [2.05, 4.69) is 20.6 Å². The topological polar surface area (TPSA) is 64.9 Å². The van der Waals surface area contributed by atoms with E-state index >= 15 is 0 Å². The van der Waals surface area contributed by atoms with Crippen molar-refractivity contribution in [3.63, 3.8) is 0 Å². The third-order valence-corrected chi connectivity index (χ3v) is 5.20. The molecule has 138 valence electrons. The van der Waals surface area contributed by atoms with Crippen LogP contribution >= 0.6 is 24.8 Å². The Labute approximate surface area is 160 Å². The quantitative estimate of drug-likeness (QED) is 0.879. The summed E-state index contributed by atoms with van der Waals surface area (Å²) in [6, 6.07) is 3.88. The molecule has 0 aromatic carbocycles. The highest BCUT2D eigenvalue weighted by atomic mass is 35.5. The van der Waals surface area contributed by atoms with Crippen LogP contribution in [-0.2, 0) is 7.05 Å². The van der Waals surface area contributed by atoms with Crippen molar-refractivity contribution in [1.82, 2.24) is 25.3 Å². The molecule has 0 amide bonds. The van der Waals surface area contributed by atoms with Crippen LogP contribution < -0.4 is 10.1 Å². The number of nitrogens with one attached hydrogen (secondary N) is 1. The van der Waals surface area contributed by atoms with Crippen molar-refractivity contribution in [2.75, 3.05) is 13.1 Å². The summed E-state index contributed by atoms with van der Waals surface area (Å²) in [7, 11) is 1.91. The average Bonchev–Trinajstić information content (AvgIpc) is 2.86. The molecule has 2 aromatic heterocycles. The lowest BCUT2D eigenvalue weighted by Crippen LogP contribution is -2.49. The van der Waals surface area contributed by atoms with E-state index in [0.29, 0.717) is 17.4 Å². The lowest BCUT2D eigenvalue weighted by Gasteiger charge is -2.49. The van der Waals surface area contributed by atoms with Gasteiger partial charge in [0.2, 0.25) is 5.88 Å². The Kier molecular flexibility index (Phi) is 6.30. The van der Waals surface area contributed by atoms with Crippen LogP contribution in [-0.4, -0.2) is 39.2 Å². The summed E-state index contributed by atoms with van der Waals surface area (Å²) in [4.78, 5) is 0. The summed E-state index contributed by atoms with van der Waals surface area (Å²) in [5, 5.41) is 16.3. The van der Waals surface area contributed by atoms with E-state index in [9.17, 15) is 0 Å². The minimum absolute atomic E-state index is 0. The van der Waals surface area contributed by atoms with Crippen LogP contribution in [0.2, 0.25) is 0 Å². The van der Waals surface area contributed by atoms with Gasteiger partial charge in [-0.05, 0) is 57.2 Å². The molecule has 8 heteroatoms. The first-order valence-electron chi connectivity index (χ1n) is 8.35. The van der Waals surface area contributed by atoms with E-state index in [0.717, 1.165) is 42.9 Å². The molecule has 4 rings (SSSR count). The van der Waals surface area contributed by atoms with Crippen molar-refractivity contribution >= 4 is 24.8 Å². The van der Waals surface area contributed by atoms with Gasteiger partial charge < -0.3 is 10.1 Å². The maximum atomic E-state index is 5.99. The van der Waals surface area contributed by atoms with Gasteiger partial charge in [0.15, 0.2) is 0 Å². The van der Waals surface area contributed by atoms with Gasteiger partial charge in [0.25, 0.3) is 0 Å². The molecule has 1 aliphatic heterocycles. The van der Waals surface area contributed by atoms with E-state index in [1.165, 1.54) is 12.8 Å². The van der Waals surface area contributed by atoms with Gasteiger partial charge in [0.05, 0.1) is 11.4 Å². The Morgan fingerprint density at radius 3 is 2.44 bits per heavy atom. The fourth-order valence-corrected chi connectivity index (χ4v) is 3.90. The Bertz CT molecular complexity index is 690. The average molecular weight is 386 g/mol. The van der Waals surface area contributed by atoms with Crippen molar-refractivity contribution < 1.29 is 4.74 Å². The summed E-state index contributed by atoms with van der Waals surface area (Å²) >= 11 is 0. The molecule has 0 atom stereocenters. The molecule has 0 unspecified atom stereocenters. The second kappa shape index (κ2) is 7.89. The minimum Gasteiger partial charge on any atom is -0.473 e. The molecule has 1 saturated carbocycles. The van der Waals surface area contributed by atoms with Gasteiger partial charge >= 0.3 is 0 Å². The molecule has 0 bridgehead atoms. The molecule has 25 heavy (non-hydrogen) atoms. The molecule has 2 aliphatic rings. The number of ether oxygens (including phenoxy) is 1.